The summed E-state index contributed by atoms with van der Waals surface area (Å²) < 4.78 is 67.9. The number of azo groups is 1. The molecule has 0 heterocycles. The van der Waals surface area contributed by atoms with E-state index in [1.807, 2.05) is 0 Å². The second-order valence-electron chi connectivity index (χ2n) is 7.04. The Labute approximate surface area is 208 Å². The maximum atomic E-state index is 12.7. The van der Waals surface area contributed by atoms with Crippen molar-refractivity contribution >= 4 is 59.1 Å². The molecule has 4 aromatic rings. The van der Waals surface area contributed by atoms with Gasteiger partial charge in [-0.3, -0.25) is 9.11 Å². The number of nitrogens with zero attached hydrogens (tertiary/aromatic N) is 2. The summed E-state index contributed by atoms with van der Waals surface area (Å²) in [5.74, 6) is -2.85. The SMILES string of the molecule is O=C([O-])c1cc2ccccc2c(N=Nc2cc3ccccc3c(S(=O)(=O)O)c2S(=O)(=O)O)c1[O-].[Mn+2]. The molecule has 4 rings (SSSR count). The smallest absolute Gasteiger partial charge is 0.871 e. The van der Waals surface area contributed by atoms with Crippen LogP contribution < -0.4 is 10.2 Å². The Bertz CT molecular complexity index is 1750. The van der Waals surface area contributed by atoms with Crippen LogP contribution in [0.25, 0.3) is 21.5 Å². The molecule has 1 radical (unpaired) electrons. The van der Waals surface area contributed by atoms with Crippen LogP contribution in [0.5, 0.6) is 5.75 Å². The van der Waals surface area contributed by atoms with Crippen molar-refractivity contribution in [3.63, 3.8) is 0 Å². The van der Waals surface area contributed by atoms with Crippen molar-refractivity contribution in [3.8, 4) is 5.75 Å². The molecule has 0 atom stereocenters. The van der Waals surface area contributed by atoms with Crippen LogP contribution in [-0.4, -0.2) is 31.9 Å². The maximum Gasteiger partial charge on any atom is 2.00 e. The number of carboxylic acid groups (broad SMARTS) is 1. The van der Waals surface area contributed by atoms with Gasteiger partial charge in [0, 0.05) is 10.8 Å². The van der Waals surface area contributed by atoms with Crippen molar-refractivity contribution < 1.29 is 58.0 Å². The van der Waals surface area contributed by atoms with Gasteiger partial charge in [-0.25, -0.2) is 0 Å². The Kier molecular flexibility index (Phi) is 6.99. The molecule has 179 valence electrons. The van der Waals surface area contributed by atoms with E-state index in [9.17, 15) is 40.9 Å². The average Bonchev–Trinajstić information content (AvgIpc) is 2.75. The fraction of sp³-hybridized carbons (Fsp3) is 0. The van der Waals surface area contributed by atoms with E-state index in [4.69, 9.17) is 0 Å². The van der Waals surface area contributed by atoms with E-state index in [2.05, 4.69) is 10.2 Å². The van der Waals surface area contributed by atoms with Gasteiger partial charge in [-0.1, -0.05) is 54.3 Å². The van der Waals surface area contributed by atoms with E-state index in [1.54, 1.807) is 6.07 Å². The van der Waals surface area contributed by atoms with Crippen LogP contribution in [0.4, 0.5) is 11.4 Å². The van der Waals surface area contributed by atoms with E-state index < -0.39 is 58.7 Å². The van der Waals surface area contributed by atoms with Gasteiger partial charge in [-0.15, -0.1) is 5.11 Å². The van der Waals surface area contributed by atoms with Gasteiger partial charge in [-0.05, 0) is 28.5 Å². The Morgan fingerprint density at radius 2 is 1.29 bits per heavy atom. The van der Waals surface area contributed by atoms with Crippen LogP contribution in [0.2, 0.25) is 0 Å². The number of hydrogen-bond donors (Lipinski definition) is 2. The Hall–Kier alpha value is -3.39. The van der Waals surface area contributed by atoms with Crippen molar-refractivity contribution in [2.24, 2.45) is 10.2 Å². The minimum Gasteiger partial charge on any atom is -0.871 e. The van der Waals surface area contributed by atoms with Crippen LogP contribution in [0.1, 0.15) is 10.4 Å². The van der Waals surface area contributed by atoms with Crippen LogP contribution in [0.15, 0.2) is 80.7 Å². The van der Waals surface area contributed by atoms with E-state index in [1.165, 1.54) is 42.5 Å². The van der Waals surface area contributed by atoms with E-state index in [-0.39, 0.29) is 33.2 Å². The first kappa shape index (κ1) is 26.2. The number of carboxylic acids is 1. The molecule has 2 N–H and O–H groups in total. The number of fused-ring (bicyclic) bond motifs is 2. The predicted octanol–water partition coefficient (Wildman–Crippen LogP) is 2.34. The minimum atomic E-state index is -5.29. The van der Waals surface area contributed by atoms with Crippen molar-refractivity contribution in [1.82, 2.24) is 0 Å². The van der Waals surface area contributed by atoms with Gasteiger partial charge in [0.05, 0.1) is 11.7 Å². The van der Waals surface area contributed by atoms with Crippen LogP contribution in [-0.2, 0) is 37.3 Å². The third-order valence-corrected chi connectivity index (χ3v) is 6.90. The summed E-state index contributed by atoms with van der Waals surface area (Å²) in [4.78, 5) is 9.00. The first-order chi connectivity index (χ1) is 15.9. The molecule has 0 saturated carbocycles. The Balaban J connectivity index is 0.00000342. The quantitative estimate of drug-likeness (QED) is 0.211. The Morgan fingerprint density at radius 3 is 1.83 bits per heavy atom. The molecule has 14 heteroatoms. The number of hydrogen-bond acceptors (Lipinski definition) is 9. The molecule has 0 spiro atoms. The minimum absolute atomic E-state index is 0. The second-order valence-corrected chi connectivity index (χ2v) is 9.75. The second kappa shape index (κ2) is 9.34. The summed E-state index contributed by atoms with van der Waals surface area (Å²) in [7, 11) is -10.5. The number of carbonyl (C=O) groups is 1. The zero-order chi connectivity index (χ0) is 24.8. The molecule has 0 fully saturated rings. The van der Waals surface area contributed by atoms with Gasteiger partial charge >= 0.3 is 17.1 Å². The normalized spacial score (nSPS) is 12.2. The largest absolute Gasteiger partial charge is 2.00 e. The first-order valence-electron chi connectivity index (χ1n) is 9.26. The van der Waals surface area contributed by atoms with E-state index >= 15 is 0 Å². The van der Waals surface area contributed by atoms with E-state index in [0.717, 1.165) is 12.1 Å². The van der Waals surface area contributed by atoms with Gasteiger partial charge in [0.1, 0.15) is 15.5 Å². The van der Waals surface area contributed by atoms with E-state index in [0.29, 0.717) is 5.39 Å². The van der Waals surface area contributed by atoms with Gasteiger partial charge in [0.2, 0.25) is 0 Å². The molecule has 35 heavy (non-hydrogen) atoms. The molecular weight excluding hydrogens is 543 g/mol. The van der Waals surface area contributed by atoms with Gasteiger partial charge < -0.3 is 15.0 Å². The molecule has 0 amide bonds. The third kappa shape index (κ3) is 4.89. The predicted molar refractivity (Wildman–Crippen MR) is 115 cm³/mol. The summed E-state index contributed by atoms with van der Waals surface area (Å²) in [6, 6.07) is 13.7. The molecule has 0 aromatic heterocycles. The third-order valence-electron chi connectivity index (χ3n) is 4.91. The number of rotatable bonds is 5. The molecule has 0 saturated heterocycles. The molecule has 0 aliphatic carbocycles. The molecule has 0 aliphatic rings. The standard InChI is InChI=1S/C21H14N2O9S2.Mn/c24-18-15(21(25)26)9-11-5-1-3-7-13(11)17(18)23-22-16-10-12-6-2-4-8-14(12)19(33(27,28)29)20(16)34(30,31)32;/h1-10,24H,(H,25,26)(H,27,28,29)(H,30,31,32);/q;+2/p-2. The zero-order valence-electron chi connectivity index (χ0n) is 17.1. The van der Waals surface area contributed by atoms with Crippen molar-refractivity contribution in [1.29, 1.82) is 0 Å². The summed E-state index contributed by atoms with van der Waals surface area (Å²) in [6.07, 6.45) is 0. The molecule has 11 nitrogen and oxygen atoms in total. The molecule has 0 bridgehead atoms. The topological polar surface area (TPSA) is 197 Å². The van der Waals surface area contributed by atoms with Crippen molar-refractivity contribution in [2.45, 2.75) is 9.79 Å². The molecule has 0 unspecified atom stereocenters. The summed E-state index contributed by atoms with van der Waals surface area (Å²) in [6.45, 7) is 0. The number of carbonyl (C=O) groups excluding carboxylic acids is 1. The van der Waals surface area contributed by atoms with Gasteiger partial charge in [0.15, 0.2) is 0 Å². The first-order valence-corrected chi connectivity index (χ1v) is 12.1. The maximum absolute atomic E-state index is 12.7. The number of benzene rings is 4. The van der Waals surface area contributed by atoms with Crippen LogP contribution >= 0.6 is 0 Å². The molecule has 4 aromatic carbocycles. The monoisotopic (exact) mass is 555 g/mol. The summed E-state index contributed by atoms with van der Waals surface area (Å²) >= 11 is 0. The van der Waals surface area contributed by atoms with Crippen molar-refractivity contribution in [3.05, 3.63) is 66.2 Å². The van der Waals surface area contributed by atoms with Gasteiger partial charge in [-0.2, -0.15) is 21.9 Å². The van der Waals surface area contributed by atoms with Gasteiger partial charge in [0.25, 0.3) is 20.2 Å². The van der Waals surface area contributed by atoms with Crippen molar-refractivity contribution in [2.75, 3.05) is 0 Å². The number of aromatic carboxylic acids is 1. The molecule has 0 aliphatic heterocycles. The zero-order valence-corrected chi connectivity index (χ0v) is 19.9. The fourth-order valence-corrected chi connectivity index (χ4v) is 5.67. The summed E-state index contributed by atoms with van der Waals surface area (Å²) in [5.41, 5.74) is -1.92. The fourth-order valence-electron chi connectivity index (χ4n) is 3.53. The molecular formula is C21H12MnN2O9S2. The average molecular weight is 555 g/mol. The van der Waals surface area contributed by atoms with Crippen LogP contribution in [0, 0.1) is 0 Å². The van der Waals surface area contributed by atoms with Crippen LogP contribution in [0.3, 0.4) is 0 Å². The Morgan fingerprint density at radius 1 is 0.771 bits per heavy atom. The summed E-state index contributed by atoms with van der Waals surface area (Å²) in [5, 5.41) is 31.8.